The van der Waals surface area contributed by atoms with Crippen molar-refractivity contribution in [2.45, 2.75) is 37.6 Å². The zero-order valence-corrected chi connectivity index (χ0v) is 18.1. The molecule has 2 aromatic carbocycles. The fourth-order valence-electron chi connectivity index (χ4n) is 3.28. The lowest BCUT2D eigenvalue weighted by molar-refractivity contribution is 0.366. The van der Waals surface area contributed by atoms with Crippen LogP contribution in [0.2, 0.25) is 0 Å². The quantitative estimate of drug-likeness (QED) is 0.485. The zero-order chi connectivity index (χ0) is 21.7. The van der Waals surface area contributed by atoms with Gasteiger partial charge in [0.2, 0.25) is 10.0 Å². The number of aromatic amines is 1. The van der Waals surface area contributed by atoms with Gasteiger partial charge in [0.25, 0.3) is 0 Å². The Balaban J connectivity index is 2.00. The van der Waals surface area contributed by atoms with Gasteiger partial charge in [0.05, 0.1) is 25.9 Å². The number of benzene rings is 2. The topological polar surface area (TPSA) is 84.5 Å². The van der Waals surface area contributed by atoms with E-state index in [0.717, 1.165) is 18.9 Å². The molecule has 0 amide bonds. The molecule has 0 radical (unpaired) electrons. The van der Waals surface area contributed by atoms with Gasteiger partial charge in [-0.3, -0.25) is 5.10 Å². The molecular formula is C21H26FN3O4S. The van der Waals surface area contributed by atoms with Gasteiger partial charge >= 0.3 is 0 Å². The maximum absolute atomic E-state index is 14.7. The number of methoxy groups -OCH3 is 2. The summed E-state index contributed by atoms with van der Waals surface area (Å²) in [6.07, 6.45) is 3.95. The molecule has 0 aliphatic rings. The molecule has 1 aromatic heterocycles. The monoisotopic (exact) mass is 435 g/mol. The number of aromatic nitrogens is 2. The molecule has 162 valence electrons. The van der Waals surface area contributed by atoms with Gasteiger partial charge in [-0.25, -0.2) is 12.8 Å². The van der Waals surface area contributed by atoms with Crippen LogP contribution < -0.4 is 9.47 Å². The van der Waals surface area contributed by atoms with Gasteiger partial charge in [0, 0.05) is 36.2 Å². The normalized spacial score (nSPS) is 11.9. The second kappa shape index (κ2) is 9.44. The third kappa shape index (κ3) is 4.57. The first-order valence-corrected chi connectivity index (χ1v) is 11.2. The molecule has 0 fully saturated rings. The molecule has 0 bridgehead atoms. The van der Waals surface area contributed by atoms with Gasteiger partial charge < -0.3 is 9.47 Å². The fourth-order valence-corrected chi connectivity index (χ4v) is 4.81. The number of H-pyrrole nitrogens is 1. The summed E-state index contributed by atoms with van der Waals surface area (Å²) in [6, 6.07) is 7.68. The van der Waals surface area contributed by atoms with Gasteiger partial charge in [-0.2, -0.15) is 9.40 Å². The molecule has 30 heavy (non-hydrogen) atoms. The highest BCUT2D eigenvalue weighted by Gasteiger charge is 2.29. The Morgan fingerprint density at radius 1 is 1.13 bits per heavy atom. The third-order valence-electron chi connectivity index (χ3n) is 4.96. The minimum absolute atomic E-state index is 0.0576. The summed E-state index contributed by atoms with van der Waals surface area (Å²) in [5.41, 5.74) is 1.11. The van der Waals surface area contributed by atoms with Crippen LogP contribution in [0, 0.1) is 5.82 Å². The van der Waals surface area contributed by atoms with E-state index in [1.54, 1.807) is 25.3 Å². The van der Waals surface area contributed by atoms with Crippen LogP contribution in [0.25, 0.3) is 10.9 Å². The molecule has 0 unspecified atom stereocenters. The molecule has 1 N–H and O–H groups in total. The van der Waals surface area contributed by atoms with Gasteiger partial charge in [-0.1, -0.05) is 25.8 Å². The fraction of sp³-hybridized carbons (Fsp3) is 0.381. The van der Waals surface area contributed by atoms with Crippen molar-refractivity contribution in [2.75, 3.05) is 20.8 Å². The predicted molar refractivity (Wildman–Crippen MR) is 113 cm³/mol. The van der Waals surface area contributed by atoms with Crippen LogP contribution in [-0.4, -0.2) is 43.7 Å². The minimum Gasteiger partial charge on any atom is -0.497 e. The number of hydrogen-bond donors (Lipinski definition) is 1. The molecule has 0 spiro atoms. The summed E-state index contributed by atoms with van der Waals surface area (Å²) in [7, 11) is -1.03. The van der Waals surface area contributed by atoms with E-state index in [4.69, 9.17) is 9.47 Å². The number of rotatable bonds is 10. The lowest BCUT2D eigenvalue weighted by atomic mass is 10.2. The molecule has 3 rings (SSSR count). The van der Waals surface area contributed by atoms with E-state index in [-0.39, 0.29) is 18.0 Å². The average molecular weight is 436 g/mol. The third-order valence-corrected chi connectivity index (χ3v) is 6.82. The number of hydrogen-bond acceptors (Lipinski definition) is 5. The number of ether oxygens (including phenoxy) is 2. The van der Waals surface area contributed by atoms with Crippen molar-refractivity contribution in [3.63, 3.8) is 0 Å². The highest BCUT2D eigenvalue weighted by molar-refractivity contribution is 7.89. The highest BCUT2D eigenvalue weighted by Crippen LogP contribution is 2.30. The summed E-state index contributed by atoms with van der Waals surface area (Å²) in [4.78, 5) is -0.361. The standard InChI is InChI=1S/C21H26FN3O4S/c1-4-5-6-9-25(14-15-7-8-17(28-2)11-20(15)29-3)30(26,27)21-10-16-13-23-24-19(16)12-18(21)22/h7-8,10-13H,4-6,9,14H2,1-3H3,(H,23,24). The van der Waals surface area contributed by atoms with Gasteiger partial charge in [-0.05, 0) is 18.6 Å². The SMILES string of the molecule is CCCCCN(Cc1ccc(OC)cc1OC)S(=O)(=O)c1cc2cn[nH]c2cc1F. The van der Waals surface area contributed by atoms with Crippen molar-refractivity contribution in [3.8, 4) is 11.5 Å². The first-order valence-electron chi connectivity index (χ1n) is 9.74. The van der Waals surface area contributed by atoms with Crippen LogP contribution >= 0.6 is 0 Å². The van der Waals surface area contributed by atoms with Crippen LogP contribution in [0.1, 0.15) is 31.7 Å². The molecular weight excluding hydrogens is 409 g/mol. The summed E-state index contributed by atoms with van der Waals surface area (Å²) in [5.74, 6) is 0.303. The van der Waals surface area contributed by atoms with Crippen molar-refractivity contribution in [1.82, 2.24) is 14.5 Å². The van der Waals surface area contributed by atoms with E-state index >= 15 is 0 Å². The molecule has 1 heterocycles. The highest BCUT2D eigenvalue weighted by atomic mass is 32.2. The summed E-state index contributed by atoms with van der Waals surface area (Å²) in [6.45, 7) is 2.37. The van der Waals surface area contributed by atoms with Crippen molar-refractivity contribution in [2.24, 2.45) is 0 Å². The maximum Gasteiger partial charge on any atom is 0.246 e. The molecule has 0 saturated heterocycles. The summed E-state index contributed by atoms with van der Waals surface area (Å²) >= 11 is 0. The van der Waals surface area contributed by atoms with Crippen molar-refractivity contribution < 1.29 is 22.3 Å². The van der Waals surface area contributed by atoms with Crippen molar-refractivity contribution in [3.05, 3.63) is 47.9 Å². The van der Waals surface area contributed by atoms with E-state index in [1.807, 2.05) is 6.92 Å². The molecule has 0 atom stereocenters. The lowest BCUT2D eigenvalue weighted by Crippen LogP contribution is -2.32. The van der Waals surface area contributed by atoms with E-state index in [0.29, 0.717) is 34.4 Å². The van der Waals surface area contributed by atoms with Crippen LogP contribution in [-0.2, 0) is 16.6 Å². The largest absolute Gasteiger partial charge is 0.497 e. The lowest BCUT2D eigenvalue weighted by Gasteiger charge is -2.24. The first-order chi connectivity index (χ1) is 14.4. The van der Waals surface area contributed by atoms with Gasteiger partial charge in [-0.15, -0.1) is 0 Å². The summed E-state index contributed by atoms with van der Waals surface area (Å²) < 4.78 is 53.5. The Labute approximate surface area is 175 Å². The number of halogens is 1. The van der Waals surface area contributed by atoms with E-state index < -0.39 is 15.8 Å². The Hall–Kier alpha value is -2.65. The second-order valence-corrected chi connectivity index (χ2v) is 8.87. The molecule has 3 aromatic rings. The van der Waals surface area contributed by atoms with Crippen LogP contribution in [0.3, 0.4) is 0 Å². The number of fused-ring (bicyclic) bond motifs is 1. The minimum atomic E-state index is -4.09. The Kier molecular flexibility index (Phi) is 6.94. The summed E-state index contributed by atoms with van der Waals surface area (Å²) in [5, 5.41) is 7.03. The second-order valence-electron chi connectivity index (χ2n) is 6.96. The number of nitrogens with zero attached hydrogens (tertiary/aromatic N) is 2. The van der Waals surface area contributed by atoms with Crippen molar-refractivity contribution >= 4 is 20.9 Å². The van der Waals surface area contributed by atoms with E-state index in [2.05, 4.69) is 10.2 Å². The number of nitrogens with one attached hydrogen (secondary N) is 1. The number of unbranched alkanes of at least 4 members (excludes halogenated alkanes) is 2. The van der Waals surface area contributed by atoms with Crippen LogP contribution in [0.4, 0.5) is 4.39 Å². The molecule has 0 aliphatic carbocycles. The van der Waals surface area contributed by atoms with Gasteiger partial charge in [0.15, 0.2) is 0 Å². The van der Waals surface area contributed by atoms with Crippen LogP contribution in [0.15, 0.2) is 41.4 Å². The van der Waals surface area contributed by atoms with Gasteiger partial charge in [0.1, 0.15) is 22.2 Å². The van der Waals surface area contributed by atoms with Crippen LogP contribution in [0.5, 0.6) is 11.5 Å². The molecule has 7 nitrogen and oxygen atoms in total. The predicted octanol–water partition coefficient (Wildman–Crippen LogP) is 4.10. The average Bonchev–Trinajstić information content (AvgIpc) is 3.19. The Morgan fingerprint density at radius 3 is 2.63 bits per heavy atom. The smallest absolute Gasteiger partial charge is 0.246 e. The molecule has 9 heteroatoms. The van der Waals surface area contributed by atoms with Crippen molar-refractivity contribution in [1.29, 1.82) is 0 Å². The van der Waals surface area contributed by atoms with E-state index in [9.17, 15) is 12.8 Å². The number of sulfonamides is 1. The maximum atomic E-state index is 14.7. The molecule has 0 saturated carbocycles. The first kappa shape index (κ1) is 22.0. The Morgan fingerprint density at radius 2 is 1.93 bits per heavy atom. The molecule has 0 aliphatic heterocycles. The Bertz CT molecular complexity index is 1110. The zero-order valence-electron chi connectivity index (χ0n) is 17.3. The van der Waals surface area contributed by atoms with E-state index in [1.165, 1.54) is 23.7 Å².